The molecule has 0 bridgehead atoms. The van der Waals surface area contributed by atoms with Crippen LogP contribution in [0, 0.1) is 12.8 Å². The molecule has 8 nitrogen and oxygen atoms in total. The fourth-order valence-electron chi connectivity index (χ4n) is 2.89. The predicted molar refractivity (Wildman–Crippen MR) is 102 cm³/mol. The minimum atomic E-state index is -0.351. The predicted octanol–water partition coefficient (Wildman–Crippen LogP) is 1.25. The number of aromatic nitrogens is 2. The molecule has 1 aromatic carbocycles. The number of hydrogen-bond donors (Lipinski definition) is 2. The largest absolute Gasteiger partial charge is 0.493 e. The summed E-state index contributed by atoms with van der Waals surface area (Å²) < 4.78 is 11.8. The molecule has 1 heterocycles. The molecule has 1 aromatic heterocycles. The van der Waals surface area contributed by atoms with Gasteiger partial charge in [-0.3, -0.25) is 14.2 Å². The van der Waals surface area contributed by atoms with Gasteiger partial charge in [0, 0.05) is 6.07 Å². The molecule has 0 spiro atoms. The number of aryl methyl sites for hydroxylation is 1. The highest BCUT2D eigenvalue weighted by Crippen LogP contribution is 2.30. The highest BCUT2D eigenvalue weighted by molar-refractivity contribution is 5.82. The number of nitrogens with one attached hydrogen (secondary N) is 1. The Labute approximate surface area is 158 Å². The van der Waals surface area contributed by atoms with E-state index in [9.17, 15) is 14.7 Å². The molecule has 0 aliphatic heterocycles. The van der Waals surface area contributed by atoms with Gasteiger partial charge < -0.3 is 19.9 Å². The first kappa shape index (κ1) is 20.7. The number of carbonyl (C=O) groups excluding carboxylic acids is 1. The number of hydrogen-bond acceptors (Lipinski definition) is 6. The van der Waals surface area contributed by atoms with E-state index in [0.717, 1.165) is 6.42 Å². The topological polar surface area (TPSA) is 103 Å². The van der Waals surface area contributed by atoms with Crippen LogP contribution in [0.4, 0.5) is 0 Å². The van der Waals surface area contributed by atoms with E-state index < -0.39 is 0 Å². The van der Waals surface area contributed by atoms with Crippen LogP contribution in [0.3, 0.4) is 0 Å². The van der Waals surface area contributed by atoms with Gasteiger partial charge in [-0.1, -0.05) is 20.3 Å². The lowest BCUT2D eigenvalue weighted by molar-refractivity contribution is -0.123. The Morgan fingerprint density at radius 2 is 1.93 bits per heavy atom. The summed E-state index contributed by atoms with van der Waals surface area (Å²) in [4.78, 5) is 29.7. The second-order valence-corrected chi connectivity index (χ2v) is 6.52. The number of benzene rings is 1. The van der Waals surface area contributed by atoms with Crippen LogP contribution < -0.4 is 20.3 Å². The van der Waals surface area contributed by atoms with Crippen LogP contribution in [-0.2, 0) is 11.3 Å². The van der Waals surface area contributed by atoms with Gasteiger partial charge in [0.25, 0.3) is 5.56 Å². The number of aliphatic hydroxyl groups excluding tert-OH is 1. The minimum absolute atomic E-state index is 0.128. The van der Waals surface area contributed by atoms with Gasteiger partial charge in [-0.15, -0.1) is 0 Å². The van der Waals surface area contributed by atoms with Gasteiger partial charge in [-0.2, -0.15) is 0 Å². The number of amides is 1. The molecule has 0 aliphatic carbocycles. The Hall–Kier alpha value is -2.61. The summed E-state index contributed by atoms with van der Waals surface area (Å²) in [5, 5.41) is 12.6. The van der Waals surface area contributed by atoms with Gasteiger partial charge in [0.2, 0.25) is 5.91 Å². The lowest BCUT2D eigenvalue weighted by Crippen LogP contribution is -2.44. The number of aliphatic hydroxyl groups is 1. The maximum Gasteiger partial charge on any atom is 0.262 e. The maximum atomic E-state index is 12.9. The summed E-state index contributed by atoms with van der Waals surface area (Å²) in [7, 11) is 3.00. The quantitative estimate of drug-likeness (QED) is 0.718. The van der Waals surface area contributed by atoms with Crippen LogP contribution in [0.1, 0.15) is 26.1 Å². The Morgan fingerprint density at radius 1 is 1.30 bits per heavy atom. The second-order valence-electron chi connectivity index (χ2n) is 6.52. The van der Waals surface area contributed by atoms with Gasteiger partial charge in [-0.05, 0) is 18.9 Å². The number of fused-ring (bicyclic) bond motifs is 1. The molecule has 0 unspecified atom stereocenters. The third-order valence-electron chi connectivity index (χ3n) is 4.83. The summed E-state index contributed by atoms with van der Waals surface area (Å²) in [5.74, 6) is 1.09. The second kappa shape index (κ2) is 8.85. The van der Waals surface area contributed by atoms with Crippen molar-refractivity contribution >= 4 is 16.8 Å². The SMILES string of the molecule is CC[C@@H](C)[C@@H](CO)NC(=O)Cn1c(C)nc2cc(OC)c(OC)cc2c1=O. The van der Waals surface area contributed by atoms with Crippen molar-refractivity contribution in [3.63, 3.8) is 0 Å². The molecular formula is C19H27N3O5. The van der Waals surface area contributed by atoms with Gasteiger partial charge >= 0.3 is 0 Å². The number of ether oxygens (including phenoxy) is 2. The smallest absolute Gasteiger partial charge is 0.262 e. The monoisotopic (exact) mass is 377 g/mol. The van der Waals surface area contributed by atoms with Crippen molar-refractivity contribution in [2.45, 2.75) is 39.8 Å². The molecular weight excluding hydrogens is 350 g/mol. The number of methoxy groups -OCH3 is 2. The summed E-state index contributed by atoms with van der Waals surface area (Å²) >= 11 is 0. The average molecular weight is 377 g/mol. The molecule has 0 fully saturated rings. The number of nitrogens with zero attached hydrogens (tertiary/aromatic N) is 2. The van der Waals surface area contributed by atoms with Gasteiger partial charge in [-0.25, -0.2) is 4.98 Å². The van der Waals surface area contributed by atoms with Crippen LogP contribution in [-0.4, -0.2) is 47.4 Å². The van der Waals surface area contributed by atoms with Crippen molar-refractivity contribution < 1.29 is 19.4 Å². The van der Waals surface area contributed by atoms with Crippen LogP contribution >= 0.6 is 0 Å². The Balaban J connectivity index is 2.38. The maximum absolute atomic E-state index is 12.9. The van der Waals surface area contributed by atoms with Gasteiger partial charge in [0.05, 0.1) is 37.8 Å². The normalized spacial score (nSPS) is 13.3. The lowest BCUT2D eigenvalue weighted by atomic mass is 10.00. The van der Waals surface area contributed by atoms with Crippen molar-refractivity contribution in [3.8, 4) is 11.5 Å². The van der Waals surface area contributed by atoms with Crippen molar-refractivity contribution in [1.29, 1.82) is 0 Å². The molecule has 27 heavy (non-hydrogen) atoms. The fourth-order valence-corrected chi connectivity index (χ4v) is 2.89. The molecule has 2 aromatic rings. The zero-order valence-corrected chi connectivity index (χ0v) is 16.4. The average Bonchev–Trinajstić information content (AvgIpc) is 2.67. The van der Waals surface area contributed by atoms with E-state index in [4.69, 9.17) is 9.47 Å². The van der Waals surface area contributed by atoms with Gasteiger partial charge in [0.15, 0.2) is 11.5 Å². The summed E-state index contributed by atoms with van der Waals surface area (Å²) in [5.41, 5.74) is 0.136. The highest BCUT2D eigenvalue weighted by Gasteiger charge is 2.19. The first-order valence-electron chi connectivity index (χ1n) is 8.89. The Morgan fingerprint density at radius 3 is 2.48 bits per heavy atom. The molecule has 0 radical (unpaired) electrons. The van der Waals surface area contributed by atoms with E-state index >= 15 is 0 Å². The first-order chi connectivity index (χ1) is 12.9. The van der Waals surface area contributed by atoms with Gasteiger partial charge in [0.1, 0.15) is 12.4 Å². The molecule has 2 N–H and O–H groups in total. The van der Waals surface area contributed by atoms with Crippen molar-refractivity contribution in [2.75, 3.05) is 20.8 Å². The first-order valence-corrected chi connectivity index (χ1v) is 8.89. The Bertz CT molecular complexity index is 878. The van der Waals surface area contributed by atoms with Crippen LogP contribution in [0.15, 0.2) is 16.9 Å². The fraction of sp³-hybridized carbons (Fsp3) is 0.526. The third-order valence-corrected chi connectivity index (χ3v) is 4.83. The zero-order chi connectivity index (χ0) is 20.1. The van der Waals surface area contributed by atoms with E-state index in [1.807, 2.05) is 13.8 Å². The zero-order valence-electron chi connectivity index (χ0n) is 16.4. The van der Waals surface area contributed by atoms with E-state index in [2.05, 4.69) is 10.3 Å². The molecule has 2 rings (SSSR count). The summed E-state index contributed by atoms with van der Waals surface area (Å²) in [6, 6.07) is 2.85. The van der Waals surface area contributed by atoms with E-state index in [1.165, 1.54) is 18.8 Å². The summed E-state index contributed by atoms with van der Waals surface area (Å²) in [6.07, 6.45) is 0.823. The lowest BCUT2D eigenvalue weighted by Gasteiger charge is -2.22. The number of carbonyl (C=O) groups is 1. The van der Waals surface area contributed by atoms with E-state index in [0.29, 0.717) is 28.2 Å². The van der Waals surface area contributed by atoms with Crippen LogP contribution in [0.2, 0.25) is 0 Å². The van der Waals surface area contributed by atoms with Crippen LogP contribution in [0.25, 0.3) is 10.9 Å². The number of rotatable bonds is 8. The van der Waals surface area contributed by atoms with Crippen molar-refractivity contribution in [3.05, 3.63) is 28.3 Å². The molecule has 148 valence electrons. The van der Waals surface area contributed by atoms with Crippen molar-refractivity contribution in [1.82, 2.24) is 14.9 Å². The standard InChI is InChI=1S/C19H27N3O5/c1-6-11(2)15(10-23)21-18(24)9-22-12(3)20-14-8-17(27-5)16(26-4)7-13(14)19(22)25/h7-8,11,15,23H,6,9-10H2,1-5H3,(H,21,24)/t11-,15-/m1/s1. The molecule has 2 atom stereocenters. The van der Waals surface area contributed by atoms with E-state index in [-0.39, 0.29) is 36.6 Å². The highest BCUT2D eigenvalue weighted by atomic mass is 16.5. The summed E-state index contributed by atoms with van der Waals surface area (Å²) in [6.45, 7) is 5.29. The molecule has 0 aliphatic rings. The Kier molecular flexibility index (Phi) is 6.79. The third kappa shape index (κ3) is 4.39. The minimum Gasteiger partial charge on any atom is -0.493 e. The van der Waals surface area contributed by atoms with Crippen molar-refractivity contribution in [2.24, 2.45) is 5.92 Å². The molecule has 0 saturated carbocycles. The van der Waals surface area contributed by atoms with Crippen LogP contribution in [0.5, 0.6) is 11.5 Å². The molecule has 1 amide bonds. The molecule has 0 saturated heterocycles. The van der Waals surface area contributed by atoms with E-state index in [1.54, 1.807) is 19.1 Å². The molecule has 8 heteroatoms.